The van der Waals surface area contributed by atoms with Crippen molar-refractivity contribution in [2.75, 3.05) is 23.8 Å². The normalized spacial score (nSPS) is 9.68. The minimum Gasteiger partial charge on any atom is -0.395 e. The molecule has 6 nitrogen and oxygen atoms in total. The second kappa shape index (κ2) is 6.33. The first-order valence-electron chi connectivity index (χ1n) is 5.76. The quantitative estimate of drug-likeness (QED) is 0.749. The van der Waals surface area contributed by atoms with Crippen molar-refractivity contribution in [3.8, 4) is 6.07 Å². The van der Waals surface area contributed by atoms with E-state index in [0.717, 1.165) is 0 Å². The van der Waals surface area contributed by atoms with Crippen LogP contribution < -0.4 is 10.6 Å². The Balaban J connectivity index is 2.17. The van der Waals surface area contributed by atoms with Gasteiger partial charge >= 0.3 is 0 Å². The molecule has 2 rings (SSSR count). The Morgan fingerprint density at radius 1 is 1.21 bits per heavy atom. The highest BCUT2D eigenvalue weighted by molar-refractivity contribution is 5.65. The van der Waals surface area contributed by atoms with Crippen LogP contribution in [-0.4, -0.2) is 28.2 Å². The number of aliphatic hydroxyl groups excluding tert-OH is 1. The van der Waals surface area contributed by atoms with E-state index in [4.69, 9.17) is 10.4 Å². The van der Waals surface area contributed by atoms with Crippen LogP contribution in [-0.2, 0) is 0 Å². The van der Waals surface area contributed by atoms with Gasteiger partial charge in [-0.3, -0.25) is 0 Å². The lowest BCUT2D eigenvalue weighted by molar-refractivity contribution is 0.311. The lowest BCUT2D eigenvalue weighted by Crippen LogP contribution is -2.07. The summed E-state index contributed by atoms with van der Waals surface area (Å²) >= 11 is 0. The number of rotatable bonds is 5. The molecule has 0 amide bonds. The highest BCUT2D eigenvalue weighted by Gasteiger charge is 2.03. The van der Waals surface area contributed by atoms with Gasteiger partial charge in [0.1, 0.15) is 24.0 Å². The molecule has 0 saturated carbocycles. The van der Waals surface area contributed by atoms with Crippen LogP contribution in [0.4, 0.5) is 17.3 Å². The first-order chi connectivity index (χ1) is 9.33. The van der Waals surface area contributed by atoms with E-state index in [0.29, 0.717) is 29.4 Å². The van der Waals surface area contributed by atoms with Crippen molar-refractivity contribution in [2.45, 2.75) is 0 Å². The maximum atomic E-state index is 9.00. The third kappa shape index (κ3) is 3.40. The molecular weight excluding hydrogens is 242 g/mol. The van der Waals surface area contributed by atoms with Crippen molar-refractivity contribution in [2.24, 2.45) is 0 Å². The van der Waals surface area contributed by atoms with Gasteiger partial charge in [-0.2, -0.15) is 5.26 Å². The average molecular weight is 255 g/mol. The molecule has 1 heterocycles. The van der Waals surface area contributed by atoms with E-state index in [1.165, 1.54) is 6.33 Å². The van der Waals surface area contributed by atoms with Gasteiger partial charge < -0.3 is 15.7 Å². The number of para-hydroxylation sites is 1. The molecule has 0 unspecified atom stereocenters. The molecule has 1 aromatic carbocycles. The van der Waals surface area contributed by atoms with Gasteiger partial charge in [0.15, 0.2) is 0 Å². The Morgan fingerprint density at radius 3 is 2.79 bits per heavy atom. The minimum absolute atomic E-state index is 0.0318. The first kappa shape index (κ1) is 12.8. The Morgan fingerprint density at radius 2 is 2.00 bits per heavy atom. The molecule has 96 valence electrons. The van der Waals surface area contributed by atoms with Crippen LogP contribution in [0.5, 0.6) is 0 Å². The van der Waals surface area contributed by atoms with Gasteiger partial charge in [0.2, 0.25) is 0 Å². The summed E-state index contributed by atoms with van der Waals surface area (Å²) in [7, 11) is 0. The lowest BCUT2D eigenvalue weighted by atomic mass is 10.2. The van der Waals surface area contributed by atoms with E-state index in [9.17, 15) is 0 Å². The number of hydrogen-bond acceptors (Lipinski definition) is 6. The number of hydrogen-bond donors (Lipinski definition) is 3. The summed E-state index contributed by atoms with van der Waals surface area (Å²) in [6, 6.07) is 11.0. The standard InChI is InChI=1S/C13H13N5O/c14-8-10-3-1-2-4-11(10)18-13-7-12(15-5-6-19)16-9-17-13/h1-4,7,9,19H,5-6H2,(H2,15,16,17,18). The summed E-state index contributed by atoms with van der Waals surface area (Å²) in [6.07, 6.45) is 1.41. The molecule has 0 aliphatic carbocycles. The monoisotopic (exact) mass is 255 g/mol. The highest BCUT2D eigenvalue weighted by atomic mass is 16.3. The molecule has 0 aliphatic rings. The molecule has 0 spiro atoms. The van der Waals surface area contributed by atoms with Gasteiger partial charge in [0.05, 0.1) is 17.9 Å². The predicted octanol–water partition coefficient (Wildman–Crippen LogP) is 1.50. The van der Waals surface area contributed by atoms with Gasteiger partial charge in [0.25, 0.3) is 0 Å². The van der Waals surface area contributed by atoms with Crippen molar-refractivity contribution in [3.63, 3.8) is 0 Å². The zero-order chi connectivity index (χ0) is 13.5. The summed E-state index contributed by atoms with van der Waals surface area (Å²) in [5.41, 5.74) is 1.24. The number of benzene rings is 1. The Hall–Kier alpha value is -2.65. The number of nitriles is 1. The number of anilines is 3. The zero-order valence-corrected chi connectivity index (χ0v) is 10.2. The first-order valence-corrected chi connectivity index (χ1v) is 5.76. The van der Waals surface area contributed by atoms with Crippen molar-refractivity contribution in [3.05, 3.63) is 42.2 Å². The predicted molar refractivity (Wildman–Crippen MR) is 72.0 cm³/mol. The maximum Gasteiger partial charge on any atom is 0.135 e. The number of nitrogens with one attached hydrogen (secondary N) is 2. The molecule has 19 heavy (non-hydrogen) atoms. The highest BCUT2D eigenvalue weighted by Crippen LogP contribution is 2.19. The topological polar surface area (TPSA) is 93.9 Å². The smallest absolute Gasteiger partial charge is 0.135 e. The number of nitrogens with zero attached hydrogens (tertiary/aromatic N) is 3. The van der Waals surface area contributed by atoms with Gasteiger partial charge in [-0.1, -0.05) is 12.1 Å². The largest absolute Gasteiger partial charge is 0.395 e. The summed E-state index contributed by atoms with van der Waals surface area (Å²) in [4.78, 5) is 8.11. The second-order valence-electron chi connectivity index (χ2n) is 3.72. The molecule has 6 heteroatoms. The third-order valence-corrected chi connectivity index (χ3v) is 2.40. The fourth-order valence-electron chi connectivity index (χ4n) is 1.53. The lowest BCUT2D eigenvalue weighted by Gasteiger charge is -2.08. The van der Waals surface area contributed by atoms with E-state index >= 15 is 0 Å². The van der Waals surface area contributed by atoms with Crippen LogP contribution in [0.15, 0.2) is 36.7 Å². The molecule has 0 aliphatic heterocycles. The molecule has 1 aromatic heterocycles. The fourth-order valence-corrected chi connectivity index (χ4v) is 1.53. The zero-order valence-electron chi connectivity index (χ0n) is 10.2. The Bertz CT molecular complexity index is 594. The molecule has 0 fully saturated rings. The summed E-state index contributed by atoms with van der Waals surface area (Å²) in [6.45, 7) is 0.454. The molecule has 0 atom stereocenters. The van der Waals surface area contributed by atoms with E-state index in [1.807, 2.05) is 12.1 Å². The number of aliphatic hydroxyl groups is 1. The molecule has 3 N–H and O–H groups in total. The van der Waals surface area contributed by atoms with E-state index in [2.05, 4.69) is 26.7 Å². The third-order valence-electron chi connectivity index (χ3n) is 2.40. The van der Waals surface area contributed by atoms with Gasteiger partial charge in [-0.05, 0) is 12.1 Å². The van der Waals surface area contributed by atoms with Gasteiger partial charge in [-0.25, -0.2) is 9.97 Å². The van der Waals surface area contributed by atoms with E-state index < -0.39 is 0 Å². The van der Waals surface area contributed by atoms with Crippen LogP contribution in [0, 0.1) is 11.3 Å². The van der Waals surface area contributed by atoms with Crippen LogP contribution in [0.1, 0.15) is 5.56 Å². The molecule has 0 bridgehead atoms. The summed E-state index contributed by atoms with van der Waals surface area (Å²) in [5, 5.41) is 23.8. The molecule has 0 saturated heterocycles. The summed E-state index contributed by atoms with van der Waals surface area (Å²) < 4.78 is 0. The van der Waals surface area contributed by atoms with Crippen molar-refractivity contribution >= 4 is 17.3 Å². The molecule has 0 radical (unpaired) electrons. The van der Waals surface area contributed by atoms with Crippen molar-refractivity contribution in [1.82, 2.24) is 9.97 Å². The van der Waals surface area contributed by atoms with Crippen molar-refractivity contribution in [1.29, 1.82) is 5.26 Å². The molecule has 2 aromatic rings. The van der Waals surface area contributed by atoms with Crippen molar-refractivity contribution < 1.29 is 5.11 Å². The van der Waals surface area contributed by atoms with Crippen LogP contribution in [0.3, 0.4) is 0 Å². The van der Waals surface area contributed by atoms with Gasteiger partial charge in [0, 0.05) is 12.6 Å². The average Bonchev–Trinajstić information content (AvgIpc) is 2.46. The fraction of sp³-hybridized carbons (Fsp3) is 0.154. The van der Waals surface area contributed by atoms with E-state index in [1.54, 1.807) is 18.2 Å². The minimum atomic E-state index is 0.0318. The van der Waals surface area contributed by atoms with Gasteiger partial charge in [-0.15, -0.1) is 0 Å². The Labute approximate surface area is 110 Å². The maximum absolute atomic E-state index is 9.00. The molecular formula is C13H13N5O. The summed E-state index contributed by atoms with van der Waals surface area (Å²) in [5.74, 6) is 1.19. The number of aromatic nitrogens is 2. The van der Waals surface area contributed by atoms with E-state index in [-0.39, 0.29) is 6.61 Å². The van der Waals surface area contributed by atoms with Crippen LogP contribution in [0.2, 0.25) is 0 Å². The Kier molecular flexibility index (Phi) is 4.26. The second-order valence-corrected chi connectivity index (χ2v) is 3.72. The van der Waals surface area contributed by atoms with Crippen LogP contribution in [0.25, 0.3) is 0 Å². The van der Waals surface area contributed by atoms with Crippen LogP contribution >= 0.6 is 0 Å². The SMILES string of the molecule is N#Cc1ccccc1Nc1cc(NCCO)ncn1.